The van der Waals surface area contributed by atoms with E-state index in [4.69, 9.17) is 0 Å². The van der Waals surface area contributed by atoms with E-state index < -0.39 is 31.0 Å². The van der Waals surface area contributed by atoms with Crippen molar-refractivity contribution in [2.24, 2.45) is 0 Å². The van der Waals surface area contributed by atoms with E-state index in [1.807, 2.05) is 0 Å². The third-order valence-corrected chi connectivity index (χ3v) is 1.24. The zero-order chi connectivity index (χ0) is 10.4. The predicted octanol–water partition coefficient (Wildman–Crippen LogP) is 2.58. The molecule has 76 valence electrons. The Labute approximate surface area is 83.6 Å². The van der Waals surface area contributed by atoms with Gasteiger partial charge in [-0.15, -0.1) is 0 Å². The van der Waals surface area contributed by atoms with E-state index in [9.17, 15) is 18.0 Å². The molecule has 3 nitrogen and oxygen atoms in total. The van der Waals surface area contributed by atoms with Crippen LogP contribution in [-0.4, -0.2) is 16.4 Å². The van der Waals surface area contributed by atoms with Crippen molar-refractivity contribution in [1.29, 1.82) is 0 Å². The number of amides is 1. The minimum absolute atomic E-state index is 0.486. The van der Waals surface area contributed by atoms with Crippen LogP contribution in [0.3, 0.4) is 0 Å². The van der Waals surface area contributed by atoms with Crippen molar-refractivity contribution in [3.8, 4) is 0 Å². The second kappa shape index (κ2) is 6.03. The molecule has 0 spiro atoms. The average Bonchev–Trinajstić information content (AvgIpc) is 2.03. The molecule has 0 aliphatic heterocycles. The lowest BCUT2D eigenvalue weighted by atomic mass is 10.4. The first-order valence-electron chi connectivity index (χ1n) is 2.99. The van der Waals surface area contributed by atoms with Gasteiger partial charge in [-0.3, -0.25) is 0 Å². The fourth-order valence-electron chi connectivity index (χ4n) is 0.380. The van der Waals surface area contributed by atoms with Crippen LogP contribution in [0.2, 0.25) is 0 Å². The summed E-state index contributed by atoms with van der Waals surface area (Å²) in [5.74, 6) is -1.60. The Morgan fingerprint density at radius 1 is 1.31 bits per heavy atom. The van der Waals surface area contributed by atoms with E-state index >= 15 is 0 Å². The Morgan fingerprint density at radius 2 is 1.85 bits per heavy atom. The number of carbonyl (C=O) groups excluding carboxylic acids is 1. The molecule has 0 atom stereocenters. The summed E-state index contributed by atoms with van der Waals surface area (Å²) in [4.78, 5) is 10.5. The van der Waals surface area contributed by atoms with Gasteiger partial charge in [-0.1, -0.05) is 0 Å². The minimum Gasteiger partial charge on any atom is -0.448 e. The molecule has 0 heterocycles. The number of halogens is 3. The molecule has 0 aliphatic carbocycles. The standard InChI is InChI=1S/C5H6F3NO2S2/c6-3(4(7)8)1-2-11-5(10)9(12)13/h12-13H,1-2H2. The van der Waals surface area contributed by atoms with Crippen molar-refractivity contribution >= 4 is 31.7 Å². The van der Waals surface area contributed by atoms with Gasteiger partial charge in [0.15, 0.2) is 5.83 Å². The van der Waals surface area contributed by atoms with Crippen molar-refractivity contribution in [3.63, 3.8) is 0 Å². The Morgan fingerprint density at radius 3 is 2.23 bits per heavy atom. The molecule has 1 amide bonds. The van der Waals surface area contributed by atoms with Crippen molar-refractivity contribution in [1.82, 2.24) is 3.71 Å². The number of ether oxygens (including phenoxy) is 1. The summed E-state index contributed by atoms with van der Waals surface area (Å²) >= 11 is 6.85. The van der Waals surface area contributed by atoms with Crippen LogP contribution in [0.25, 0.3) is 0 Å². The third kappa shape index (κ3) is 5.69. The van der Waals surface area contributed by atoms with Gasteiger partial charge < -0.3 is 4.74 Å². The van der Waals surface area contributed by atoms with Crippen molar-refractivity contribution in [2.75, 3.05) is 6.61 Å². The third-order valence-electron chi connectivity index (χ3n) is 0.915. The first-order valence-corrected chi connectivity index (χ1v) is 3.79. The topological polar surface area (TPSA) is 29.5 Å². The van der Waals surface area contributed by atoms with E-state index in [1.165, 1.54) is 0 Å². The maximum absolute atomic E-state index is 12.1. The number of rotatable bonds is 3. The van der Waals surface area contributed by atoms with Gasteiger partial charge in [-0.05, 0) is 25.6 Å². The van der Waals surface area contributed by atoms with Crippen LogP contribution in [0.5, 0.6) is 0 Å². The molecule has 0 fully saturated rings. The molecule has 0 aliphatic rings. The lowest BCUT2D eigenvalue weighted by Crippen LogP contribution is -2.14. The second-order valence-electron chi connectivity index (χ2n) is 1.82. The molecule has 0 bridgehead atoms. The van der Waals surface area contributed by atoms with Gasteiger partial charge in [-0.25, -0.2) is 9.18 Å². The maximum atomic E-state index is 12.1. The molecule has 0 saturated heterocycles. The lowest BCUT2D eigenvalue weighted by Gasteiger charge is -2.07. The molecular formula is C5H6F3NO2S2. The lowest BCUT2D eigenvalue weighted by molar-refractivity contribution is 0.141. The van der Waals surface area contributed by atoms with Crippen LogP contribution < -0.4 is 0 Å². The van der Waals surface area contributed by atoms with Crippen LogP contribution >= 0.6 is 25.6 Å². The number of hydrogen-bond acceptors (Lipinski definition) is 4. The van der Waals surface area contributed by atoms with Gasteiger partial charge >= 0.3 is 12.2 Å². The average molecular weight is 233 g/mol. The number of thiol groups is 2. The van der Waals surface area contributed by atoms with Crippen LogP contribution in [0, 0.1) is 0 Å². The van der Waals surface area contributed by atoms with E-state index in [1.54, 1.807) is 0 Å². The highest BCUT2D eigenvalue weighted by Gasteiger charge is 2.09. The molecule has 0 radical (unpaired) electrons. The first kappa shape index (κ1) is 12.5. The molecule has 13 heavy (non-hydrogen) atoms. The van der Waals surface area contributed by atoms with Gasteiger partial charge in [0.1, 0.15) is 0 Å². The summed E-state index contributed by atoms with van der Waals surface area (Å²) in [6.07, 6.45) is -4.04. The van der Waals surface area contributed by atoms with Crippen LogP contribution in [0.15, 0.2) is 11.9 Å². The molecule has 0 N–H and O–H groups in total. The highest BCUT2D eigenvalue weighted by atomic mass is 32.2. The SMILES string of the molecule is O=C(OCCC(F)=C(F)F)N(S)S. The summed E-state index contributed by atoms with van der Waals surface area (Å²) < 4.78 is 39.7. The quantitative estimate of drug-likeness (QED) is 0.734. The number of carbonyl (C=O) groups is 1. The van der Waals surface area contributed by atoms with Crippen LogP contribution in [0.1, 0.15) is 6.42 Å². The Kier molecular flexibility index (Phi) is 5.80. The predicted molar refractivity (Wildman–Crippen MR) is 46.1 cm³/mol. The second-order valence-corrected chi connectivity index (χ2v) is 2.93. The largest absolute Gasteiger partial charge is 0.448 e. The molecule has 0 aromatic rings. The Hall–Kier alpha value is -0.500. The van der Waals surface area contributed by atoms with Crippen LogP contribution in [0.4, 0.5) is 18.0 Å². The molecule has 0 rings (SSSR count). The molecule has 0 unspecified atom stereocenters. The van der Waals surface area contributed by atoms with E-state index in [0.717, 1.165) is 0 Å². The smallest absolute Gasteiger partial charge is 0.429 e. The summed E-state index contributed by atoms with van der Waals surface area (Å²) in [5, 5.41) is 0. The Bertz CT molecular complexity index is 218. The van der Waals surface area contributed by atoms with Gasteiger partial charge in [0.05, 0.1) is 6.61 Å². The monoisotopic (exact) mass is 233 g/mol. The van der Waals surface area contributed by atoms with E-state index in [-0.39, 0.29) is 0 Å². The summed E-state index contributed by atoms with van der Waals surface area (Å²) in [5.41, 5.74) is 0. The minimum atomic E-state index is -2.41. The molecule has 8 heteroatoms. The summed E-state index contributed by atoms with van der Waals surface area (Å²) in [6.45, 7) is -0.486. The highest BCUT2D eigenvalue weighted by molar-refractivity contribution is 7.94. The van der Waals surface area contributed by atoms with Crippen LogP contribution in [-0.2, 0) is 4.74 Å². The first-order chi connectivity index (χ1) is 5.95. The van der Waals surface area contributed by atoms with E-state index in [2.05, 4.69) is 30.4 Å². The molecule has 0 aromatic heterocycles. The Balaban J connectivity index is 3.70. The summed E-state index contributed by atoms with van der Waals surface area (Å²) in [6, 6.07) is 0. The van der Waals surface area contributed by atoms with Crippen molar-refractivity contribution < 1.29 is 22.7 Å². The molecule has 0 saturated carbocycles. The van der Waals surface area contributed by atoms with Gasteiger partial charge in [-0.2, -0.15) is 12.5 Å². The van der Waals surface area contributed by atoms with Gasteiger partial charge in [0, 0.05) is 6.42 Å². The fourth-order valence-corrected chi connectivity index (χ4v) is 0.496. The summed E-state index contributed by atoms with van der Waals surface area (Å²) in [7, 11) is 0. The molecular weight excluding hydrogens is 227 g/mol. The van der Waals surface area contributed by atoms with Crippen molar-refractivity contribution in [2.45, 2.75) is 6.42 Å². The normalized spacial score (nSPS) is 9.31. The molecule has 0 aromatic carbocycles. The number of nitrogens with zero attached hydrogens (tertiary/aromatic N) is 1. The van der Waals surface area contributed by atoms with Gasteiger partial charge in [0.25, 0.3) is 0 Å². The number of hydrogen-bond donors (Lipinski definition) is 2. The zero-order valence-corrected chi connectivity index (χ0v) is 8.00. The van der Waals surface area contributed by atoms with E-state index in [0.29, 0.717) is 3.71 Å². The van der Waals surface area contributed by atoms with Crippen molar-refractivity contribution in [3.05, 3.63) is 11.9 Å². The highest BCUT2D eigenvalue weighted by Crippen LogP contribution is 2.13. The maximum Gasteiger partial charge on any atom is 0.429 e. The zero-order valence-electron chi connectivity index (χ0n) is 6.21. The fraction of sp³-hybridized carbons (Fsp3) is 0.400. The van der Waals surface area contributed by atoms with Gasteiger partial charge in [0.2, 0.25) is 0 Å².